The van der Waals surface area contributed by atoms with Crippen LogP contribution < -0.4 is 10.9 Å². The standard InChI is InChI=1S/C17H19N3O5S/c1-25-8-7-20-15(21)6-5-14(19-20)17(24)18-13-4-2-3-12(9-13)10-26-11-16(22)23/h2-6,9H,7-8,10-11H2,1H3,(H,18,24)(H,22,23). The lowest BCUT2D eigenvalue weighted by molar-refractivity contribution is -0.133. The van der Waals surface area contributed by atoms with Crippen molar-refractivity contribution in [2.45, 2.75) is 12.3 Å². The number of aromatic nitrogens is 2. The second-order valence-electron chi connectivity index (χ2n) is 5.31. The van der Waals surface area contributed by atoms with Crippen LogP contribution in [0, 0.1) is 0 Å². The fourth-order valence-electron chi connectivity index (χ4n) is 2.10. The summed E-state index contributed by atoms with van der Waals surface area (Å²) in [5, 5.41) is 15.4. The highest BCUT2D eigenvalue weighted by molar-refractivity contribution is 7.99. The van der Waals surface area contributed by atoms with Crippen molar-refractivity contribution >= 4 is 29.3 Å². The van der Waals surface area contributed by atoms with Gasteiger partial charge in [0.05, 0.1) is 18.9 Å². The summed E-state index contributed by atoms with van der Waals surface area (Å²) in [4.78, 5) is 34.6. The van der Waals surface area contributed by atoms with E-state index in [0.717, 1.165) is 5.56 Å². The molecule has 1 aromatic heterocycles. The van der Waals surface area contributed by atoms with Crippen molar-refractivity contribution in [3.63, 3.8) is 0 Å². The first kappa shape index (κ1) is 19.7. The number of rotatable bonds is 9. The number of carboxylic acid groups (broad SMARTS) is 1. The molecule has 1 heterocycles. The van der Waals surface area contributed by atoms with E-state index in [2.05, 4.69) is 10.4 Å². The van der Waals surface area contributed by atoms with Gasteiger partial charge in [-0.2, -0.15) is 5.10 Å². The van der Waals surface area contributed by atoms with Crippen molar-refractivity contribution in [3.8, 4) is 0 Å². The van der Waals surface area contributed by atoms with Gasteiger partial charge in [0.15, 0.2) is 0 Å². The molecule has 2 aromatic rings. The third-order valence-electron chi connectivity index (χ3n) is 3.29. The molecular weight excluding hydrogens is 358 g/mol. The lowest BCUT2D eigenvalue weighted by atomic mass is 10.2. The van der Waals surface area contributed by atoms with Gasteiger partial charge in [-0.3, -0.25) is 14.4 Å². The van der Waals surface area contributed by atoms with E-state index in [1.807, 2.05) is 6.07 Å². The first-order chi connectivity index (χ1) is 12.5. The van der Waals surface area contributed by atoms with E-state index in [0.29, 0.717) is 18.0 Å². The summed E-state index contributed by atoms with van der Waals surface area (Å²) in [5.41, 5.74) is 1.27. The molecule has 26 heavy (non-hydrogen) atoms. The highest BCUT2D eigenvalue weighted by atomic mass is 32.2. The van der Waals surface area contributed by atoms with Crippen LogP contribution in [0.3, 0.4) is 0 Å². The van der Waals surface area contributed by atoms with Gasteiger partial charge in [-0.25, -0.2) is 4.68 Å². The lowest BCUT2D eigenvalue weighted by Crippen LogP contribution is -2.27. The fraction of sp³-hybridized carbons (Fsp3) is 0.294. The largest absolute Gasteiger partial charge is 0.481 e. The van der Waals surface area contributed by atoms with E-state index in [9.17, 15) is 14.4 Å². The number of anilines is 1. The second kappa shape index (κ2) is 9.73. The zero-order valence-electron chi connectivity index (χ0n) is 14.2. The number of carbonyl (C=O) groups is 2. The number of thioether (sulfide) groups is 1. The molecule has 0 aliphatic carbocycles. The molecule has 0 aliphatic rings. The zero-order chi connectivity index (χ0) is 18.9. The average molecular weight is 377 g/mol. The topological polar surface area (TPSA) is 111 Å². The second-order valence-corrected chi connectivity index (χ2v) is 6.30. The number of nitrogens with zero attached hydrogens (tertiary/aromatic N) is 2. The van der Waals surface area contributed by atoms with Crippen LogP contribution in [0.2, 0.25) is 0 Å². The molecule has 0 aliphatic heterocycles. The molecule has 0 spiro atoms. The van der Waals surface area contributed by atoms with E-state index in [1.165, 1.54) is 35.7 Å². The molecule has 1 amide bonds. The first-order valence-electron chi connectivity index (χ1n) is 7.76. The Morgan fingerprint density at radius 1 is 1.31 bits per heavy atom. The van der Waals surface area contributed by atoms with Gasteiger partial charge in [0.2, 0.25) is 0 Å². The summed E-state index contributed by atoms with van der Waals surface area (Å²) >= 11 is 1.28. The summed E-state index contributed by atoms with van der Waals surface area (Å²) in [6.45, 7) is 0.570. The minimum Gasteiger partial charge on any atom is -0.481 e. The van der Waals surface area contributed by atoms with Crippen LogP contribution in [0.15, 0.2) is 41.2 Å². The fourth-order valence-corrected chi connectivity index (χ4v) is 2.79. The predicted molar refractivity (Wildman–Crippen MR) is 98.6 cm³/mol. The smallest absolute Gasteiger partial charge is 0.313 e. The highest BCUT2D eigenvalue weighted by Crippen LogP contribution is 2.17. The molecule has 9 heteroatoms. The maximum Gasteiger partial charge on any atom is 0.313 e. The van der Waals surface area contributed by atoms with Gasteiger partial charge in [0.25, 0.3) is 11.5 Å². The number of hydrogen-bond donors (Lipinski definition) is 2. The quantitative estimate of drug-likeness (QED) is 0.680. The van der Waals surface area contributed by atoms with Crippen LogP contribution in [0.25, 0.3) is 0 Å². The highest BCUT2D eigenvalue weighted by Gasteiger charge is 2.10. The van der Waals surface area contributed by atoms with Gasteiger partial charge in [0.1, 0.15) is 5.69 Å². The van der Waals surface area contributed by atoms with Crippen LogP contribution in [-0.2, 0) is 21.8 Å². The number of ether oxygens (including phenoxy) is 1. The summed E-state index contributed by atoms with van der Waals surface area (Å²) in [6.07, 6.45) is 0. The van der Waals surface area contributed by atoms with Gasteiger partial charge < -0.3 is 15.2 Å². The number of methoxy groups -OCH3 is 1. The molecule has 0 saturated heterocycles. The number of carboxylic acids is 1. The maximum atomic E-state index is 12.4. The minimum absolute atomic E-state index is 0.0174. The van der Waals surface area contributed by atoms with Gasteiger partial charge in [-0.05, 0) is 23.8 Å². The molecule has 1 aromatic carbocycles. The average Bonchev–Trinajstić information content (AvgIpc) is 2.61. The van der Waals surface area contributed by atoms with Crippen LogP contribution in [0.4, 0.5) is 5.69 Å². The molecule has 0 atom stereocenters. The predicted octanol–water partition coefficient (Wildman–Crippen LogP) is 1.46. The van der Waals surface area contributed by atoms with Crippen molar-refractivity contribution in [1.82, 2.24) is 9.78 Å². The number of hydrogen-bond acceptors (Lipinski definition) is 6. The Hall–Kier alpha value is -2.65. The van der Waals surface area contributed by atoms with Crippen LogP contribution in [-0.4, -0.2) is 46.2 Å². The Balaban J connectivity index is 2.05. The Labute approximate surface area is 154 Å². The number of benzene rings is 1. The van der Waals surface area contributed by atoms with Crippen molar-refractivity contribution in [2.75, 3.05) is 24.8 Å². The van der Waals surface area contributed by atoms with E-state index in [-0.39, 0.29) is 23.6 Å². The summed E-state index contributed by atoms with van der Waals surface area (Å²) < 4.78 is 6.10. The Morgan fingerprint density at radius 3 is 2.85 bits per heavy atom. The first-order valence-corrected chi connectivity index (χ1v) is 8.92. The third kappa shape index (κ3) is 6.01. The monoisotopic (exact) mass is 377 g/mol. The Bertz CT molecular complexity index is 837. The van der Waals surface area contributed by atoms with Gasteiger partial charge in [-0.1, -0.05) is 12.1 Å². The molecule has 0 unspecified atom stereocenters. The molecule has 8 nitrogen and oxygen atoms in total. The summed E-state index contributed by atoms with van der Waals surface area (Å²) in [5.74, 6) is -0.764. The Morgan fingerprint density at radius 2 is 2.12 bits per heavy atom. The van der Waals surface area contributed by atoms with Gasteiger partial charge in [0, 0.05) is 24.6 Å². The van der Waals surface area contributed by atoms with Crippen molar-refractivity contribution in [2.24, 2.45) is 0 Å². The van der Waals surface area contributed by atoms with Crippen molar-refractivity contribution in [3.05, 3.63) is 58.0 Å². The van der Waals surface area contributed by atoms with E-state index in [1.54, 1.807) is 18.2 Å². The van der Waals surface area contributed by atoms with Crippen LogP contribution in [0.5, 0.6) is 0 Å². The zero-order valence-corrected chi connectivity index (χ0v) is 15.0. The van der Waals surface area contributed by atoms with Crippen molar-refractivity contribution in [1.29, 1.82) is 0 Å². The molecule has 2 N–H and O–H groups in total. The van der Waals surface area contributed by atoms with E-state index in [4.69, 9.17) is 9.84 Å². The van der Waals surface area contributed by atoms with Crippen molar-refractivity contribution < 1.29 is 19.4 Å². The molecule has 0 saturated carbocycles. The van der Waals surface area contributed by atoms with Gasteiger partial charge in [-0.15, -0.1) is 11.8 Å². The molecule has 0 bridgehead atoms. The molecule has 0 fully saturated rings. The normalized spacial score (nSPS) is 10.5. The van der Waals surface area contributed by atoms with Crippen LogP contribution >= 0.6 is 11.8 Å². The lowest BCUT2D eigenvalue weighted by Gasteiger charge is -2.09. The number of amides is 1. The Kier molecular flexibility index (Phi) is 7.37. The summed E-state index contributed by atoms with van der Waals surface area (Å²) in [6, 6.07) is 9.79. The van der Waals surface area contributed by atoms with Gasteiger partial charge >= 0.3 is 5.97 Å². The van der Waals surface area contributed by atoms with E-state index >= 15 is 0 Å². The molecular formula is C17H19N3O5S. The maximum absolute atomic E-state index is 12.4. The minimum atomic E-state index is -0.867. The SMILES string of the molecule is COCCn1nc(C(=O)Nc2cccc(CSCC(=O)O)c2)ccc1=O. The third-order valence-corrected chi connectivity index (χ3v) is 4.27. The van der Waals surface area contributed by atoms with E-state index < -0.39 is 11.9 Å². The number of nitrogens with one attached hydrogen (secondary N) is 1. The molecule has 138 valence electrons. The molecule has 2 rings (SSSR count). The molecule has 0 radical (unpaired) electrons. The van der Waals surface area contributed by atoms with Crippen LogP contribution in [0.1, 0.15) is 16.1 Å². The summed E-state index contributed by atoms with van der Waals surface area (Å²) in [7, 11) is 1.52. The number of carbonyl (C=O) groups excluding carboxylic acids is 1. The number of aliphatic carboxylic acids is 1.